The molecule has 0 aromatic heterocycles. The zero-order valence-electron chi connectivity index (χ0n) is 30.4. The van der Waals surface area contributed by atoms with Crippen molar-refractivity contribution < 1.29 is 61.8 Å². The number of hydrogen-bond acceptors (Lipinski definition) is 13. The van der Waals surface area contributed by atoms with Crippen LogP contribution in [0.3, 0.4) is 0 Å². The van der Waals surface area contributed by atoms with Gasteiger partial charge in [-0.15, -0.1) is 0 Å². The molecule has 5 amide bonds. The van der Waals surface area contributed by atoms with Crippen molar-refractivity contribution in [2.75, 3.05) is 165 Å². The van der Waals surface area contributed by atoms with Crippen molar-refractivity contribution in [3.63, 3.8) is 0 Å². The van der Waals surface area contributed by atoms with Crippen LogP contribution in [0.1, 0.15) is 26.7 Å². The van der Waals surface area contributed by atoms with E-state index in [9.17, 15) is 14.4 Å². The molecule has 5 N–H and O–H groups in total. The second-order valence-corrected chi connectivity index (χ2v) is 10.3. The van der Waals surface area contributed by atoms with Crippen LogP contribution in [0.4, 0.5) is 9.59 Å². The normalized spacial score (nSPS) is 11.0. The van der Waals surface area contributed by atoms with Crippen molar-refractivity contribution in [1.29, 1.82) is 0 Å². The van der Waals surface area contributed by atoms with E-state index >= 15 is 0 Å². The van der Waals surface area contributed by atoms with E-state index in [-0.39, 0.29) is 18.0 Å². The summed E-state index contributed by atoms with van der Waals surface area (Å²) in [5.41, 5.74) is 0. The lowest BCUT2D eigenvalue weighted by molar-refractivity contribution is -0.119. The Morgan fingerprint density at radius 3 is 0.800 bits per heavy atom. The first kappa shape index (κ1) is 47.6. The molecule has 0 radical (unpaired) electrons. The first-order valence-corrected chi connectivity index (χ1v) is 17.6. The fraction of sp³-hybridized carbons (Fsp3) is 0.906. The van der Waals surface area contributed by atoms with Crippen molar-refractivity contribution >= 4 is 18.0 Å². The fourth-order valence-electron chi connectivity index (χ4n) is 3.48. The molecular formula is C32H65N5O13. The van der Waals surface area contributed by atoms with Crippen LogP contribution in [0.2, 0.25) is 0 Å². The smallest absolute Gasteiger partial charge is 0.314 e. The van der Waals surface area contributed by atoms with Crippen LogP contribution in [-0.2, 0) is 52.2 Å². The molecule has 0 aliphatic carbocycles. The molecule has 0 saturated carbocycles. The van der Waals surface area contributed by atoms with E-state index in [4.69, 9.17) is 47.4 Å². The Kier molecular flexibility index (Phi) is 39.1. The molecule has 296 valence electrons. The number of carbonyl (C=O) groups is 3. The largest absolute Gasteiger partial charge is 0.377 e. The summed E-state index contributed by atoms with van der Waals surface area (Å²) in [5.74, 6) is -0.0725. The van der Waals surface area contributed by atoms with Crippen LogP contribution in [0.5, 0.6) is 0 Å². The number of rotatable bonds is 39. The van der Waals surface area contributed by atoms with E-state index in [2.05, 4.69) is 33.5 Å². The predicted octanol–water partition coefficient (Wildman–Crippen LogP) is -0.313. The Labute approximate surface area is 297 Å². The lowest BCUT2D eigenvalue weighted by atomic mass is 10.3. The maximum atomic E-state index is 11.8. The van der Waals surface area contributed by atoms with Gasteiger partial charge in [0.05, 0.1) is 132 Å². The van der Waals surface area contributed by atoms with Crippen LogP contribution < -0.4 is 26.6 Å². The SMILES string of the molecule is CCCCNC(=O)NCCOCCOCCOCCOCCOCCNC(=O)NCCOCCOCCOCCOCCOCCNC(C)=O. The van der Waals surface area contributed by atoms with Gasteiger partial charge in [0.1, 0.15) is 0 Å². The van der Waals surface area contributed by atoms with E-state index in [1.165, 1.54) is 6.92 Å². The van der Waals surface area contributed by atoms with E-state index in [0.717, 1.165) is 12.8 Å². The molecule has 0 spiro atoms. The first-order chi connectivity index (χ1) is 24.6. The molecule has 18 heteroatoms. The number of unbranched alkanes of at least 4 members (excludes halogenated alkanes) is 1. The van der Waals surface area contributed by atoms with Crippen molar-refractivity contribution in [1.82, 2.24) is 26.6 Å². The lowest BCUT2D eigenvalue weighted by Gasteiger charge is -2.10. The third-order valence-corrected chi connectivity index (χ3v) is 6.01. The highest BCUT2D eigenvalue weighted by Gasteiger charge is 2.01. The second kappa shape index (κ2) is 41.0. The minimum atomic E-state index is -0.287. The number of carbonyl (C=O) groups excluding carboxylic acids is 3. The third kappa shape index (κ3) is 41.8. The summed E-state index contributed by atoms with van der Waals surface area (Å²) in [7, 11) is 0. The van der Waals surface area contributed by atoms with E-state index in [0.29, 0.717) is 165 Å². The Balaban J connectivity index is 3.18. The van der Waals surface area contributed by atoms with Crippen molar-refractivity contribution in [2.24, 2.45) is 0 Å². The molecule has 0 saturated heterocycles. The summed E-state index contributed by atoms with van der Waals surface area (Å²) < 4.78 is 54.1. The average Bonchev–Trinajstić information content (AvgIpc) is 3.10. The maximum Gasteiger partial charge on any atom is 0.314 e. The van der Waals surface area contributed by atoms with Gasteiger partial charge in [0.2, 0.25) is 5.91 Å². The number of amides is 5. The van der Waals surface area contributed by atoms with Crippen LogP contribution in [0, 0.1) is 0 Å². The van der Waals surface area contributed by atoms with Crippen molar-refractivity contribution in [3.8, 4) is 0 Å². The Morgan fingerprint density at radius 2 is 0.560 bits per heavy atom. The molecule has 0 heterocycles. The Morgan fingerprint density at radius 1 is 0.340 bits per heavy atom. The zero-order valence-corrected chi connectivity index (χ0v) is 30.4. The standard InChI is InChI=1S/C32H65N5O13/c1-3-4-5-34-31(39)35-7-11-42-15-19-46-23-28-50-29-25-48-21-17-44-13-9-37-32(40)36-8-12-43-16-20-47-24-27-49-26-22-45-18-14-41-10-6-33-30(2)38/h3-29H2,1-2H3,(H,33,38)(H2,34,35,39)(H2,36,37,40). The van der Waals surface area contributed by atoms with Gasteiger partial charge in [-0.05, 0) is 6.42 Å². The van der Waals surface area contributed by atoms with Crippen molar-refractivity contribution in [3.05, 3.63) is 0 Å². The zero-order chi connectivity index (χ0) is 36.4. The van der Waals surface area contributed by atoms with Gasteiger partial charge in [0, 0.05) is 39.6 Å². The second-order valence-electron chi connectivity index (χ2n) is 10.3. The van der Waals surface area contributed by atoms with Gasteiger partial charge in [-0.2, -0.15) is 0 Å². The van der Waals surface area contributed by atoms with Gasteiger partial charge < -0.3 is 74.0 Å². The van der Waals surface area contributed by atoms with Crippen LogP contribution in [-0.4, -0.2) is 183 Å². The maximum absolute atomic E-state index is 11.8. The van der Waals surface area contributed by atoms with E-state index in [1.54, 1.807) is 0 Å². The minimum Gasteiger partial charge on any atom is -0.377 e. The number of ether oxygens (including phenoxy) is 10. The molecule has 50 heavy (non-hydrogen) atoms. The van der Waals surface area contributed by atoms with Gasteiger partial charge in [0.15, 0.2) is 0 Å². The molecule has 0 bridgehead atoms. The van der Waals surface area contributed by atoms with Gasteiger partial charge in [-0.25, -0.2) is 9.59 Å². The predicted molar refractivity (Wildman–Crippen MR) is 185 cm³/mol. The third-order valence-electron chi connectivity index (χ3n) is 6.01. The first-order valence-electron chi connectivity index (χ1n) is 17.6. The fourth-order valence-corrected chi connectivity index (χ4v) is 3.48. The molecule has 0 fully saturated rings. The highest BCUT2D eigenvalue weighted by molar-refractivity contribution is 5.74. The van der Waals surface area contributed by atoms with Gasteiger partial charge in [-0.1, -0.05) is 13.3 Å². The molecule has 0 rings (SSSR count). The average molecular weight is 728 g/mol. The van der Waals surface area contributed by atoms with Crippen LogP contribution in [0.15, 0.2) is 0 Å². The summed E-state index contributed by atoms with van der Waals surface area (Å²) in [4.78, 5) is 34.0. The number of hydrogen-bond donors (Lipinski definition) is 5. The topological polar surface area (TPSA) is 204 Å². The van der Waals surface area contributed by atoms with Crippen molar-refractivity contribution in [2.45, 2.75) is 26.7 Å². The summed E-state index contributed by atoms with van der Waals surface area (Å²) in [5, 5.41) is 13.6. The molecule has 18 nitrogen and oxygen atoms in total. The van der Waals surface area contributed by atoms with Crippen LogP contribution in [0.25, 0.3) is 0 Å². The monoisotopic (exact) mass is 727 g/mol. The highest BCUT2D eigenvalue weighted by atomic mass is 16.6. The number of nitrogens with one attached hydrogen (secondary N) is 5. The number of urea groups is 2. The van der Waals surface area contributed by atoms with Gasteiger partial charge >= 0.3 is 12.1 Å². The van der Waals surface area contributed by atoms with Gasteiger partial charge in [0.25, 0.3) is 0 Å². The van der Waals surface area contributed by atoms with E-state index < -0.39 is 0 Å². The van der Waals surface area contributed by atoms with Gasteiger partial charge in [-0.3, -0.25) is 4.79 Å². The highest BCUT2D eigenvalue weighted by Crippen LogP contribution is 1.86. The Hall–Kier alpha value is -2.39. The Bertz CT molecular complexity index is 759. The van der Waals surface area contributed by atoms with Crippen LogP contribution >= 0.6 is 0 Å². The molecule has 0 unspecified atom stereocenters. The summed E-state index contributed by atoms with van der Waals surface area (Å²) in [6, 6.07) is -0.458. The molecule has 0 aliphatic rings. The molecule has 0 aliphatic heterocycles. The quantitative estimate of drug-likeness (QED) is 0.0517. The molecular weight excluding hydrogens is 662 g/mol. The summed E-state index contributed by atoms with van der Waals surface area (Å²) >= 11 is 0. The lowest BCUT2D eigenvalue weighted by Crippen LogP contribution is -2.39. The molecule has 0 atom stereocenters. The summed E-state index contributed by atoms with van der Waals surface area (Å²) in [6.45, 7) is 14.8. The molecule has 0 aromatic carbocycles. The minimum absolute atomic E-state index is 0.0725. The van der Waals surface area contributed by atoms with E-state index in [1.807, 2.05) is 0 Å². The summed E-state index contributed by atoms with van der Waals surface area (Å²) in [6.07, 6.45) is 2.01. The molecule has 0 aromatic rings.